The summed E-state index contributed by atoms with van der Waals surface area (Å²) in [5, 5.41) is 8.80. The van der Waals surface area contributed by atoms with Gasteiger partial charge in [0.05, 0.1) is 16.5 Å². The van der Waals surface area contributed by atoms with E-state index in [0.29, 0.717) is 18.7 Å². The third-order valence-electron chi connectivity index (χ3n) is 4.67. The Balaban J connectivity index is 1.59. The first kappa shape index (κ1) is 19.8. The van der Waals surface area contributed by atoms with E-state index in [1.54, 1.807) is 59.5 Å². The number of benzene rings is 2. The smallest absolute Gasteiger partial charge is 0.246 e. The third kappa shape index (κ3) is 4.47. The summed E-state index contributed by atoms with van der Waals surface area (Å²) < 4.78 is 26.9. The normalized spacial score (nSPS) is 15.5. The summed E-state index contributed by atoms with van der Waals surface area (Å²) in [4.78, 5) is 14.3. The zero-order chi connectivity index (χ0) is 20.1. The summed E-state index contributed by atoms with van der Waals surface area (Å²) in [6, 6.07) is 15.8. The fraction of sp³-hybridized carbons (Fsp3) is 0.238. The molecule has 2 aromatic rings. The van der Waals surface area contributed by atoms with Crippen LogP contribution in [-0.4, -0.2) is 49.7 Å². The number of rotatable bonds is 4. The summed E-state index contributed by atoms with van der Waals surface area (Å²) in [7, 11) is -3.54. The molecule has 0 aromatic heterocycles. The van der Waals surface area contributed by atoms with Gasteiger partial charge in [-0.1, -0.05) is 29.8 Å². The zero-order valence-corrected chi connectivity index (χ0v) is 16.4. The van der Waals surface area contributed by atoms with Crippen molar-refractivity contribution < 1.29 is 13.2 Å². The molecule has 0 unspecified atom stereocenters. The highest BCUT2D eigenvalue weighted by molar-refractivity contribution is 7.89. The number of aryl methyl sites for hydroxylation is 1. The van der Waals surface area contributed by atoms with E-state index in [0.717, 1.165) is 11.1 Å². The molecule has 1 fully saturated rings. The second kappa shape index (κ2) is 8.38. The SMILES string of the molecule is Cc1ccc(S(=O)(=O)N2CCN(C(=O)/C=C/c3ccc(C#N)cc3)CC2)cc1. The lowest BCUT2D eigenvalue weighted by atomic mass is 10.1. The van der Waals surface area contributed by atoms with E-state index in [1.807, 2.05) is 13.0 Å². The first-order chi connectivity index (χ1) is 13.4. The quantitative estimate of drug-likeness (QED) is 0.745. The van der Waals surface area contributed by atoms with E-state index in [9.17, 15) is 13.2 Å². The molecule has 0 saturated carbocycles. The van der Waals surface area contributed by atoms with Crippen molar-refractivity contribution in [2.75, 3.05) is 26.2 Å². The van der Waals surface area contributed by atoms with Gasteiger partial charge in [-0.05, 0) is 42.8 Å². The van der Waals surface area contributed by atoms with E-state index >= 15 is 0 Å². The van der Waals surface area contributed by atoms with Crippen molar-refractivity contribution in [3.05, 3.63) is 71.3 Å². The third-order valence-corrected chi connectivity index (χ3v) is 6.58. The summed E-state index contributed by atoms with van der Waals surface area (Å²) in [6.07, 6.45) is 3.17. The van der Waals surface area contributed by atoms with Crippen LogP contribution in [-0.2, 0) is 14.8 Å². The number of hydrogen-bond donors (Lipinski definition) is 0. The molecule has 28 heavy (non-hydrogen) atoms. The van der Waals surface area contributed by atoms with Crippen LogP contribution in [0.25, 0.3) is 6.08 Å². The van der Waals surface area contributed by atoms with Gasteiger partial charge in [0, 0.05) is 32.3 Å². The van der Waals surface area contributed by atoms with Crippen molar-refractivity contribution in [3.63, 3.8) is 0 Å². The molecule has 7 heteroatoms. The Morgan fingerprint density at radius 3 is 2.18 bits per heavy atom. The van der Waals surface area contributed by atoms with Crippen molar-refractivity contribution in [1.82, 2.24) is 9.21 Å². The van der Waals surface area contributed by atoms with Crippen LogP contribution in [0.4, 0.5) is 0 Å². The van der Waals surface area contributed by atoms with E-state index < -0.39 is 10.0 Å². The van der Waals surface area contributed by atoms with Gasteiger partial charge in [0.2, 0.25) is 15.9 Å². The number of hydrogen-bond acceptors (Lipinski definition) is 4. The monoisotopic (exact) mass is 395 g/mol. The molecule has 0 atom stereocenters. The van der Waals surface area contributed by atoms with Crippen LogP contribution in [0.1, 0.15) is 16.7 Å². The second-order valence-corrected chi connectivity index (χ2v) is 8.55. The standard InChI is InChI=1S/C21H21N3O3S/c1-17-2-9-20(10-3-17)28(26,27)24-14-12-23(13-15-24)21(25)11-8-18-4-6-19(16-22)7-5-18/h2-11H,12-15H2,1H3/b11-8+. The molecule has 1 aliphatic heterocycles. The lowest BCUT2D eigenvalue weighted by Crippen LogP contribution is -2.50. The summed E-state index contributed by atoms with van der Waals surface area (Å²) in [6.45, 7) is 3.15. The fourth-order valence-corrected chi connectivity index (χ4v) is 4.37. The number of amides is 1. The number of sulfonamides is 1. The second-order valence-electron chi connectivity index (χ2n) is 6.61. The fourth-order valence-electron chi connectivity index (χ4n) is 2.95. The molecule has 2 aromatic carbocycles. The van der Waals surface area contributed by atoms with Crippen LogP contribution in [0.2, 0.25) is 0 Å². The molecule has 3 rings (SSSR count). The lowest BCUT2D eigenvalue weighted by molar-refractivity contribution is -0.127. The van der Waals surface area contributed by atoms with Crippen LogP contribution in [0.3, 0.4) is 0 Å². The predicted octanol–water partition coefficient (Wildman–Crippen LogP) is 2.41. The average molecular weight is 395 g/mol. The highest BCUT2D eigenvalue weighted by Crippen LogP contribution is 2.18. The van der Waals surface area contributed by atoms with Crippen LogP contribution in [0.15, 0.2) is 59.5 Å². The molecule has 1 saturated heterocycles. The molecule has 1 aliphatic rings. The summed E-state index contributed by atoms with van der Waals surface area (Å²) in [5.74, 6) is -0.156. The first-order valence-corrected chi connectivity index (χ1v) is 10.4. The number of nitrogens with zero attached hydrogens (tertiary/aromatic N) is 3. The number of nitriles is 1. The first-order valence-electron chi connectivity index (χ1n) is 8.94. The minimum absolute atomic E-state index is 0.156. The van der Waals surface area contributed by atoms with E-state index in [2.05, 4.69) is 0 Å². The Hall–Kier alpha value is -2.95. The average Bonchev–Trinajstić information content (AvgIpc) is 2.73. The highest BCUT2D eigenvalue weighted by Gasteiger charge is 2.29. The van der Waals surface area contributed by atoms with Crippen LogP contribution < -0.4 is 0 Å². The van der Waals surface area contributed by atoms with Gasteiger partial charge in [-0.25, -0.2) is 8.42 Å². The van der Waals surface area contributed by atoms with Gasteiger partial charge in [-0.2, -0.15) is 9.57 Å². The van der Waals surface area contributed by atoms with Crippen molar-refractivity contribution in [2.24, 2.45) is 0 Å². The number of carbonyl (C=O) groups excluding carboxylic acids is 1. The Kier molecular flexibility index (Phi) is 5.93. The minimum Gasteiger partial charge on any atom is -0.337 e. The molecule has 0 N–H and O–H groups in total. The lowest BCUT2D eigenvalue weighted by Gasteiger charge is -2.33. The summed E-state index contributed by atoms with van der Waals surface area (Å²) >= 11 is 0. The maximum absolute atomic E-state index is 12.7. The van der Waals surface area contributed by atoms with Gasteiger partial charge in [-0.3, -0.25) is 4.79 Å². The van der Waals surface area contributed by atoms with E-state index in [4.69, 9.17) is 5.26 Å². The Bertz CT molecular complexity index is 1010. The van der Waals surface area contributed by atoms with E-state index in [1.165, 1.54) is 10.4 Å². The Morgan fingerprint density at radius 1 is 1.00 bits per heavy atom. The van der Waals surface area contributed by atoms with Gasteiger partial charge in [-0.15, -0.1) is 0 Å². The van der Waals surface area contributed by atoms with Gasteiger partial charge >= 0.3 is 0 Å². The predicted molar refractivity (Wildman–Crippen MR) is 107 cm³/mol. The molecule has 0 bridgehead atoms. The van der Waals surface area contributed by atoms with Crippen LogP contribution in [0.5, 0.6) is 0 Å². The minimum atomic E-state index is -3.54. The number of piperazine rings is 1. The van der Waals surface area contributed by atoms with Crippen molar-refractivity contribution in [2.45, 2.75) is 11.8 Å². The molecule has 0 spiro atoms. The number of carbonyl (C=O) groups is 1. The maximum Gasteiger partial charge on any atom is 0.246 e. The highest BCUT2D eigenvalue weighted by atomic mass is 32.2. The molecule has 1 amide bonds. The molecular formula is C21H21N3O3S. The van der Waals surface area contributed by atoms with Gasteiger partial charge in [0.1, 0.15) is 0 Å². The molecule has 0 radical (unpaired) electrons. The van der Waals surface area contributed by atoms with Gasteiger partial charge < -0.3 is 4.90 Å². The van der Waals surface area contributed by atoms with Crippen molar-refractivity contribution in [3.8, 4) is 6.07 Å². The topological polar surface area (TPSA) is 81.5 Å². The molecule has 6 nitrogen and oxygen atoms in total. The molecule has 0 aliphatic carbocycles. The maximum atomic E-state index is 12.7. The van der Waals surface area contributed by atoms with E-state index in [-0.39, 0.29) is 23.9 Å². The Labute approximate surface area is 165 Å². The Morgan fingerprint density at radius 2 is 1.61 bits per heavy atom. The van der Waals surface area contributed by atoms with Gasteiger partial charge in [0.15, 0.2) is 0 Å². The molecular weight excluding hydrogens is 374 g/mol. The largest absolute Gasteiger partial charge is 0.337 e. The molecule has 1 heterocycles. The van der Waals surface area contributed by atoms with Gasteiger partial charge in [0.25, 0.3) is 0 Å². The van der Waals surface area contributed by atoms with Crippen LogP contribution in [0, 0.1) is 18.3 Å². The van der Waals surface area contributed by atoms with Crippen molar-refractivity contribution in [1.29, 1.82) is 5.26 Å². The summed E-state index contributed by atoms with van der Waals surface area (Å²) in [5.41, 5.74) is 2.39. The molecule has 144 valence electrons. The zero-order valence-electron chi connectivity index (χ0n) is 15.6. The van der Waals surface area contributed by atoms with Crippen LogP contribution >= 0.6 is 0 Å². The van der Waals surface area contributed by atoms with Crippen molar-refractivity contribution >= 4 is 22.0 Å².